The van der Waals surface area contributed by atoms with Crippen molar-refractivity contribution in [3.8, 4) is 0 Å². The van der Waals surface area contributed by atoms with Crippen LogP contribution in [-0.2, 0) is 9.59 Å². The number of anilines is 2. The van der Waals surface area contributed by atoms with Gasteiger partial charge in [0.25, 0.3) is 0 Å². The molecule has 5 heteroatoms. The molecule has 2 aliphatic rings. The smallest absolute Gasteiger partial charge is 0.234 e. The van der Waals surface area contributed by atoms with Gasteiger partial charge in [0.05, 0.1) is 11.4 Å². The predicted octanol–water partition coefficient (Wildman–Crippen LogP) is 3.25. The molecule has 0 spiro atoms. The molecule has 1 aliphatic carbocycles. The number of hydrogen-bond donors (Lipinski definition) is 2. The summed E-state index contributed by atoms with van der Waals surface area (Å²) < 4.78 is 0. The minimum absolute atomic E-state index is 0.0123. The summed E-state index contributed by atoms with van der Waals surface area (Å²) >= 11 is 1.53. The van der Waals surface area contributed by atoms with Crippen LogP contribution in [0.5, 0.6) is 0 Å². The standard InChI is InChI=1S/C15H18N2O2S/c18-14-9-20-13-7-6-11(8-12(13)17-14)16-15(19)10-4-2-1-3-5-10/h6-8,10H,1-5,9H2,(H,16,19)(H,17,18). The molecule has 2 N–H and O–H groups in total. The molecule has 0 bridgehead atoms. The fraction of sp³-hybridized carbons (Fsp3) is 0.467. The SMILES string of the molecule is O=C1CSc2ccc(NC(=O)C3CCCCC3)cc2N1. The predicted molar refractivity (Wildman–Crippen MR) is 81.0 cm³/mol. The van der Waals surface area contributed by atoms with Gasteiger partial charge in [-0.25, -0.2) is 0 Å². The molecule has 0 radical (unpaired) electrons. The summed E-state index contributed by atoms with van der Waals surface area (Å²) in [5.41, 5.74) is 1.56. The molecule has 1 aliphatic heterocycles. The van der Waals surface area contributed by atoms with Crippen LogP contribution < -0.4 is 10.6 Å². The topological polar surface area (TPSA) is 58.2 Å². The molecule has 4 nitrogen and oxygen atoms in total. The van der Waals surface area contributed by atoms with Gasteiger partial charge in [0.15, 0.2) is 0 Å². The number of nitrogens with one attached hydrogen (secondary N) is 2. The van der Waals surface area contributed by atoms with Gasteiger partial charge in [0.1, 0.15) is 0 Å². The van der Waals surface area contributed by atoms with Gasteiger partial charge in [-0.1, -0.05) is 19.3 Å². The number of benzene rings is 1. The zero-order valence-corrected chi connectivity index (χ0v) is 12.1. The molecule has 3 rings (SSSR count). The monoisotopic (exact) mass is 290 g/mol. The molecular weight excluding hydrogens is 272 g/mol. The molecule has 1 saturated carbocycles. The van der Waals surface area contributed by atoms with Crippen molar-refractivity contribution >= 4 is 35.0 Å². The van der Waals surface area contributed by atoms with E-state index in [1.165, 1.54) is 18.2 Å². The first-order valence-electron chi connectivity index (χ1n) is 7.10. The van der Waals surface area contributed by atoms with Crippen molar-refractivity contribution in [3.63, 3.8) is 0 Å². The minimum Gasteiger partial charge on any atom is -0.326 e. The first kappa shape index (κ1) is 13.5. The highest BCUT2D eigenvalue weighted by Gasteiger charge is 2.22. The number of carbonyl (C=O) groups excluding carboxylic acids is 2. The van der Waals surface area contributed by atoms with Crippen LogP contribution in [0.4, 0.5) is 11.4 Å². The number of fused-ring (bicyclic) bond motifs is 1. The Labute approximate surface area is 122 Å². The highest BCUT2D eigenvalue weighted by Crippen LogP contribution is 2.33. The van der Waals surface area contributed by atoms with Crippen LogP contribution in [0.25, 0.3) is 0 Å². The molecule has 20 heavy (non-hydrogen) atoms. The molecule has 106 valence electrons. The fourth-order valence-corrected chi connectivity index (χ4v) is 3.56. The minimum atomic E-state index is 0.0123. The van der Waals surface area contributed by atoms with E-state index in [9.17, 15) is 9.59 Å². The third-order valence-electron chi connectivity index (χ3n) is 3.86. The Morgan fingerprint density at radius 3 is 2.85 bits per heavy atom. The highest BCUT2D eigenvalue weighted by atomic mass is 32.2. The lowest BCUT2D eigenvalue weighted by molar-refractivity contribution is -0.120. The third-order valence-corrected chi connectivity index (χ3v) is 4.93. The molecular formula is C15H18N2O2S. The van der Waals surface area contributed by atoms with Crippen LogP contribution in [0.15, 0.2) is 23.1 Å². The summed E-state index contributed by atoms with van der Waals surface area (Å²) in [6.07, 6.45) is 5.52. The van der Waals surface area contributed by atoms with Gasteiger partial charge >= 0.3 is 0 Å². The highest BCUT2D eigenvalue weighted by molar-refractivity contribution is 8.00. The van der Waals surface area contributed by atoms with E-state index in [-0.39, 0.29) is 17.7 Å². The summed E-state index contributed by atoms with van der Waals surface area (Å²) in [5.74, 6) is 0.724. The molecule has 1 aromatic rings. The summed E-state index contributed by atoms with van der Waals surface area (Å²) in [5, 5.41) is 5.82. The van der Waals surface area contributed by atoms with Crippen LogP contribution in [-0.4, -0.2) is 17.6 Å². The summed E-state index contributed by atoms with van der Waals surface area (Å²) in [6, 6.07) is 5.71. The van der Waals surface area contributed by atoms with Gasteiger partial charge in [0, 0.05) is 16.5 Å². The molecule has 2 amide bonds. The largest absolute Gasteiger partial charge is 0.326 e. The maximum Gasteiger partial charge on any atom is 0.234 e. The van der Waals surface area contributed by atoms with Gasteiger partial charge in [0.2, 0.25) is 11.8 Å². The number of thioether (sulfide) groups is 1. The Morgan fingerprint density at radius 2 is 2.05 bits per heavy atom. The Hall–Kier alpha value is -1.49. The van der Waals surface area contributed by atoms with Crippen molar-refractivity contribution < 1.29 is 9.59 Å². The van der Waals surface area contributed by atoms with Gasteiger partial charge in [-0.05, 0) is 31.0 Å². The van der Waals surface area contributed by atoms with Crippen molar-refractivity contribution in [1.82, 2.24) is 0 Å². The van der Waals surface area contributed by atoms with E-state index in [0.29, 0.717) is 5.75 Å². The van der Waals surface area contributed by atoms with Gasteiger partial charge < -0.3 is 10.6 Å². The second-order valence-corrected chi connectivity index (χ2v) is 6.39. The Balaban J connectivity index is 1.69. The van der Waals surface area contributed by atoms with E-state index in [0.717, 1.165) is 42.0 Å². The van der Waals surface area contributed by atoms with E-state index in [1.54, 1.807) is 0 Å². The Kier molecular flexibility index (Phi) is 3.96. The molecule has 1 fully saturated rings. The number of carbonyl (C=O) groups is 2. The first-order chi connectivity index (χ1) is 9.72. The molecule has 1 heterocycles. The zero-order chi connectivity index (χ0) is 13.9. The van der Waals surface area contributed by atoms with E-state index < -0.39 is 0 Å². The van der Waals surface area contributed by atoms with Crippen molar-refractivity contribution in [1.29, 1.82) is 0 Å². The quantitative estimate of drug-likeness (QED) is 0.879. The van der Waals surface area contributed by atoms with E-state index in [2.05, 4.69) is 10.6 Å². The zero-order valence-electron chi connectivity index (χ0n) is 11.3. The summed E-state index contributed by atoms with van der Waals surface area (Å²) in [4.78, 5) is 24.6. The maximum absolute atomic E-state index is 12.2. The first-order valence-corrected chi connectivity index (χ1v) is 8.08. The van der Waals surface area contributed by atoms with E-state index >= 15 is 0 Å². The molecule has 0 aromatic heterocycles. The van der Waals surface area contributed by atoms with Crippen LogP contribution in [0, 0.1) is 5.92 Å². The van der Waals surface area contributed by atoms with Crippen molar-refractivity contribution in [2.24, 2.45) is 5.92 Å². The van der Waals surface area contributed by atoms with Gasteiger partial charge in [-0.2, -0.15) is 0 Å². The van der Waals surface area contributed by atoms with Crippen molar-refractivity contribution in [2.75, 3.05) is 16.4 Å². The lowest BCUT2D eigenvalue weighted by atomic mass is 9.88. The number of rotatable bonds is 2. The number of amides is 2. The molecule has 0 saturated heterocycles. The van der Waals surface area contributed by atoms with Crippen LogP contribution >= 0.6 is 11.8 Å². The van der Waals surface area contributed by atoms with Crippen molar-refractivity contribution in [2.45, 2.75) is 37.0 Å². The van der Waals surface area contributed by atoms with Crippen LogP contribution in [0.2, 0.25) is 0 Å². The van der Waals surface area contributed by atoms with Gasteiger partial charge in [-0.15, -0.1) is 11.8 Å². The average Bonchev–Trinajstić information content (AvgIpc) is 2.47. The number of hydrogen-bond acceptors (Lipinski definition) is 3. The molecule has 0 atom stereocenters. The van der Waals surface area contributed by atoms with E-state index in [1.807, 2.05) is 18.2 Å². The Morgan fingerprint density at radius 1 is 1.25 bits per heavy atom. The lowest BCUT2D eigenvalue weighted by Gasteiger charge is -2.22. The van der Waals surface area contributed by atoms with E-state index in [4.69, 9.17) is 0 Å². The van der Waals surface area contributed by atoms with Crippen LogP contribution in [0.1, 0.15) is 32.1 Å². The van der Waals surface area contributed by atoms with Crippen molar-refractivity contribution in [3.05, 3.63) is 18.2 Å². The average molecular weight is 290 g/mol. The molecule has 1 aromatic carbocycles. The lowest BCUT2D eigenvalue weighted by Crippen LogP contribution is -2.25. The van der Waals surface area contributed by atoms with Gasteiger partial charge in [-0.3, -0.25) is 9.59 Å². The Bertz CT molecular complexity index is 539. The molecule has 0 unspecified atom stereocenters. The third kappa shape index (κ3) is 2.98. The summed E-state index contributed by atoms with van der Waals surface area (Å²) in [7, 11) is 0. The second-order valence-electron chi connectivity index (χ2n) is 5.37. The second kappa shape index (κ2) is 5.87. The summed E-state index contributed by atoms with van der Waals surface area (Å²) in [6.45, 7) is 0. The maximum atomic E-state index is 12.2. The van der Waals surface area contributed by atoms with Crippen LogP contribution in [0.3, 0.4) is 0 Å². The normalized spacial score (nSPS) is 19.1. The fourth-order valence-electron chi connectivity index (χ4n) is 2.77.